The molecule has 5 rings (SSSR count). The van der Waals surface area contributed by atoms with E-state index in [0.717, 1.165) is 64.5 Å². The molecular formula is C37H49F3N4. The molecule has 0 saturated carbocycles. The van der Waals surface area contributed by atoms with Crippen molar-refractivity contribution in [3.63, 3.8) is 0 Å². The summed E-state index contributed by atoms with van der Waals surface area (Å²) in [4.78, 5) is 9.22. The number of hydrogen-bond acceptors (Lipinski definition) is 4. The number of likely N-dealkylation sites (N-methyl/N-ethyl adjacent to an activating group) is 1. The van der Waals surface area contributed by atoms with Crippen LogP contribution in [0.2, 0.25) is 0 Å². The standard InChI is InChI=1S/C37H49F3N4/c1-27(2)29-7-11-31(12-8-29)36(32-13-9-30(10-14-32)28(3)4)44-23-20-42(21-24-44)26-33-25-34(15-16-35(33)37(38,39)40)43-18-6-17-41(5)19-22-43/h7-16,25,27-28,36H,6,17-24,26H2,1-5H3. The Bertz CT molecular complexity index is 1290. The van der Waals surface area contributed by atoms with Crippen LogP contribution in [-0.2, 0) is 12.7 Å². The van der Waals surface area contributed by atoms with Gasteiger partial charge in [0.15, 0.2) is 0 Å². The van der Waals surface area contributed by atoms with E-state index in [1.807, 2.05) is 0 Å². The molecule has 0 unspecified atom stereocenters. The van der Waals surface area contributed by atoms with Gasteiger partial charge < -0.3 is 9.80 Å². The van der Waals surface area contributed by atoms with Crippen LogP contribution in [0.3, 0.4) is 0 Å². The van der Waals surface area contributed by atoms with Crippen LogP contribution in [0, 0.1) is 0 Å². The zero-order valence-electron chi connectivity index (χ0n) is 27.1. The van der Waals surface area contributed by atoms with E-state index in [2.05, 4.69) is 103 Å². The summed E-state index contributed by atoms with van der Waals surface area (Å²) >= 11 is 0. The fourth-order valence-corrected chi connectivity index (χ4v) is 6.65. The van der Waals surface area contributed by atoms with Gasteiger partial charge in [-0.05, 0) is 77.9 Å². The quantitative estimate of drug-likeness (QED) is 0.258. The van der Waals surface area contributed by atoms with Crippen molar-refractivity contribution in [1.82, 2.24) is 14.7 Å². The van der Waals surface area contributed by atoms with Gasteiger partial charge in [-0.3, -0.25) is 9.80 Å². The first-order valence-electron chi connectivity index (χ1n) is 16.3. The van der Waals surface area contributed by atoms with Crippen molar-refractivity contribution in [1.29, 1.82) is 0 Å². The highest BCUT2D eigenvalue weighted by atomic mass is 19.4. The molecule has 44 heavy (non-hydrogen) atoms. The average molecular weight is 607 g/mol. The first-order chi connectivity index (χ1) is 21.0. The second-order valence-electron chi connectivity index (χ2n) is 13.3. The third-order valence-corrected chi connectivity index (χ3v) is 9.48. The van der Waals surface area contributed by atoms with Crippen LogP contribution >= 0.6 is 0 Å². The average Bonchev–Trinajstić information content (AvgIpc) is 3.22. The van der Waals surface area contributed by atoms with E-state index in [4.69, 9.17) is 0 Å². The van der Waals surface area contributed by atoms with Crippen LogP contribution in [0.25, 0.3) is 0 Å². The van der Waals surface area contributed by atoms with Gasteiger partial charge in [-0.2, -0.15) is 13.2 Å². The van der Waals surface area contributed by atoms with E-state index >= 15 is 0 Å². The zero-order valence-corrected chi connectivity index (χ0v) is 27.1. The molecule has 0 amide bonds. The highest BCUT2D eigenvalue weighted by Crippen LogP contribution is 2.36. The second kappa shape index (κ2) is 14.1. The Balaban J connectivity index is 1.35. The number of nitrogens with zero attached hydrogens (tertiary/aromatic N) is 4. The Hall–Kier alpha value is -2.87. The summed E-state index contributed by atoms with van der Waals surface area (Å²) < 4.78 is 42.4. The Morgan fingerprint density at radius 1 is 0.636 bits per heavy atom. The summed E-state index contributed by atoms with van der Waals surface area (Å²) in [5.41, 5.74) is 5.93. The van der Waals surface area contributed by atoms with Crippen molar-refractivity contribution in [3.05, 3.63) is 100 Å². The number of hydrogen-bond donors (Lipinski definition) is 0. The Morgan fingerprint density at radius 3 is 1.70 bits per heavy atom. The SMILES string of the molecule is CC(C)c1ccc(C(c2ccc(C(C)C)cc2)N2CCN(Cc3cc(N4CCCN(C)CC4)ccc3C(F)(F)F)CC2)cc1. The van der Waals surface area contributed by atoms with E-state index in [1.54, 1.807) is 12.1 Å². The lowest BCUT2D eigenvalue weighted by Gasteiger charge is -2.40. The minimum atomic E-state index is -4.37. The molecule has 2 aliphatic heterocycles. The third kappa shape index (κ3) is 7.85. The Labute approximate surface area is 262 Å². The summed E-state index contributed by atoms with van der Waals surface area (Å²) in [5, 5.41) is 0. The molecule has 0 aromatic heterocycles. The molecule has 2 saturated heterocycles. The molecule has 2 fully saturated rings. The van der Waals surface area contributed by atoms with Gasteiger partial charge in [-0.25, -0.2) is 0 Å². The van der Waals surface area contributed by atoms with Crippen molar-refractivity contribution in [2.45, 2.75) is 64.7 Å². The zero-order chi connectivity index (χ0) is 31.4. The number of rotatable bonds is 8. The number of benzene rings is 3. The van der Waals surface area contributed by atoms with Crippen LogP contribution in [0.1, 0.15) is 85.4 Å². The van der Waals surface area contributed by atoms with Gasteiger partial charge in [0.05, 0.1) is 11.6 Å². The molecule has 3 aromatic rings. The maximum Gasteiger partial charge on any atom is 0.416 e. The Morgan fingerprint density at radius 2 is 1.18 bits per heavy atom. The lowest BCUT2D eigenvalue weighted by atomic mass is 9.92. The normalized spacial score (nSPS) is 18.0. The second-order valence-corrected chi connectivity index (χ2v) is 13.3. The number of anilines is 1. The van der Waals surface area contributed by atoms with Gasteiger partial charge in [0, 0.05) is 58.0 Å². The van der Waals surface area contributed by atoms with Crippen LogP contribution < -0.4 is 4.90 Å². The highest BCUT2D eigenvalue weighted by Gasteiger charge is 2.35. The van der Waals surface area contributed by atoms with E-state index in [-0.39, 0.29) is 6.04 Å². The van der Waals surface area contributed by atoms with Crippen molar-refractivity contribution in [2.24, 2.45) is 0 Å². The molecule has 0 N–H and O–H groups in total. The van der Waals surface area contributed by atoms with Crippen molar-refractivity contribution >= 4 is 5.69 Å². The molecule has 2 aliphatic rings. The van der Waals surface area contributed by atoms with E-state index in [9.17, 15) is 13.2 Å². The molecule has 0 bridgehead atoms. The first-order valence-corrected chi connectivity index (χ1v) is 16.3. The first kappa shape index (κ1) is 32.5. The van der Waals surface area contributed by atoms with Crippen LogP contribution in [0.4, 0.5) is 18.9 Å². The van der Waals surface area contributed by atoms with Crippen LogP contribution in [-0.4, -0.2) is 74.1 Å². The van der Waals surface area contributed by atoms with Crippen molar-refractivity contribution in [2.75, 3.05) is 64.3 Å². The lowest BCUT2D eigenvalue weighted by Crippen LogP contribution is -2.47. The van der Waals surface area contributed by atoms with Crippen LogP contribution in [0.5, 0.6) is 0 Å². The number of piperazine rings is 1. The minimum absolute atomic E-state index is 0.106. The minimum Gasteiger partial charge on any atom is -0.370 e. The molecule has 3 aromatic carbocycles. The van der Waals surface area contributed by atoms with Gasteiger partial charge in [0.1, 0.15) is 0 Å². The van der Waals surface area contributed by atoms with Crippen molar-refractivity contribution in [3.8, 4) is 0 Å². The maximum absolute atomic E-state index is 14.1. The van der Waals surface area contributed by atoms with Gasteiger partial charge in [0.25, 0.3) is 0 Å². The molecule has 238 valence electrons. The molecule has 0 spiro atoms. The largest absolute Gasteiger partial charge is 0.416 e. The molecule has 0 aliphatic carbocycles. The lowest BCUT2D eigenvalue weighted by molar-refractivity contribution is -0.138. The Kier molecular flexibility index (Phi) is 10.4. The van der Waals surface area contributed by atoms with E-state index in [1.165, 1.54) is 28.3 Å². The predicted molar refractivity (Wildman–Crippen MR) is 176 cm³/mol. The monoisotopic (exact) mass is 606 g/mol. The van der Waals surface area contributed by atoms with Gasteiger partial charge in [-0.1, -0.05) is 76.2 Å². The fourth-order valence-electron chi connectivity index (χ4n) is 6.65. The topological polar surface area (TPSA) is 13.0 Å². The smallest absolute Gasteiger partial charge is 0.370 e. The molecule has 4 nitrogen and oxygen atoms in total. The molecular weight excluding hydrogens is 557 g/mol. The molecule has 0 atom stereocenters. The van der Waals surface area contributed by atoms with Gasteiger partial charge >= 0.3 is 6.18 Å². The third-order valence-electron chi connectivity index (χ3n) is 9.48. The number of alkyl halides is 3. The van der Waals surface area contributed by atoms with E-state index < -0.39 is 11.7 Å². The summed E-state index contributed by atoms with van der Waals surface area (Å²) in [7, 11) is 2.10. The van der Waals surface area contributed by atoms with Crippen LogP contribution in [0.15, 0.2) is 66.7 Å². The van der Waals surface area contributed by atoms with Crippen molar-refractivity contribution < 1.29 is 13.2 Å². The van der Waals surface area contributed by atoms with Gasteiger partial charge in [-0.15, -0.1) is 0 Å². The summed E-state index contributed by atoms with van der Waals surface area (Å²) in [6.45, 7) is 15.8. The maximum atomic E-state index is 14.1. The van der Waals surface area contributed by atoms with Gasteiger partial charge in [0.2, 0.25) is 0 Å². The molecule has 7 heteroatoms. The summed E-state index contributed by atoms with van der Waals surface area (Å²) in [6, 6.07) is 22.8. The molecule has 0 radical (unpaired) electrons. The number of halogens is 3. The van der Waals surface area contributed by atoms with E-state index in [0.29, 0.717) is 23.9 Å². The summed E-state index contributed by atoms with van der Waals surface area (Å²) in [6.07, 6.45) is -3.36. The summed E-state index contributed by atoms with van der Waals surface area (Å²) in [5.74, 6) is 0.939. The predicted octanol–water partition coefficient (Wildman–Crippen LogP) is 8.00. The highest BCUT2D eigenvalue weighted by molar-refractivity contribution is 5.52. The fraction of sp³-hybridized carbons (Fsp3) is 0.514. The molecule has 2 heterocycles.